The van der Waals surface area contributed by atoms with E-state index >= 15 is 0 Å². The van der Waals surface area contributed by atoms with Crippen molar-refractivity contribution in [1.29, 1.82) is 0 Å². The van der Waals surface area contributed by atoms with Crippen molar-refractivity contribution in [2.75, 3.05) is 6.26 Å². The lowest BCUT2D eigenvalue weighted by Crippen LogP contribution is -1.95. The summed E-state index contributed by atoms with van der Waals surface area (Å²) >= 11 is 9.27. The van der Waals surface area contributed by atoms with Gasteiger partial charge in [-0.25, -0.2) is 19.9 Å². The lowest BCUT2D eigenvalue weighted by atomic mass is 10.2. The van der Waals surface area contributed by atoms with Gasteiger partial charge in [0.25, 0.3) is 0 Å². The second-order valence-corrected chi connectivity index (χ2v) is 7.13. The molecule has 0 radical (unpaired) electrons. The van der Waals surface area contributed by atoms with Crippen molar-refractivity contribution in [2.24, 2.45) is 0 Å². The molecule has 0 N–H and O–H groups in total. The SMILES string of the molecule is CSc1ccc(C(C)Sc2ncnc3cnc(Cl)nc23)cc1. The molecule has 112 valence electrons. The summed E-state index contributed by atoms with van der Waals surface area (Å²) in [5.74, 6) is 0. The second-order valence-electron chi connectivity index (χ2n) is 4.58. The molecule has 3 rings (SSSR count). The van der Waals surface area contributed by atoms with E-state index in [1.165, 1.54) is 16.8 Å². The molecule has 0 saturated carbocycles. The fourth-order valence-electron chi connectivity index (χ4n) is 2.01. The van der Waals surface area contributed by atoms with Crippen molar-refractivity contribution in [1.82, 2.24) is 19.9 Å². The van der Waals surface area contributed by atoms with Gasteiger partial charge in [0.15, 0.2) is 0 Å². The third-order valence-electron chi connectivity index (χ3n) is 3.19. The molecular weight excluding hydrogens is 336 g/mol. The maximum Gasteiger partial charge on any atom is 0.223 e. The highest BCUT2D eigenvalue weighted by Crippen LogP contribution is 2.36. The molecule has 0 aliphatic carbocycles. The molecule has 0 amide bonds. The molecule has 4 nitrogen and oxygen atoms in total. The van der Waals surface area contributed by atoms with Gasteiger partial charge in [-0.05, 0) is 42.5 Å². The zero-order valence-electron chi connectivity index (χ0n) is 12.0. The first-order valence-corrected chi connectivity index (χ1v) is 9.09. The highest BCUT2D eigenvalue weighted by Gasteiger charge is 2.13. The molecule has 2 aromatic heterocycles. The number of thioether (sulfide) groups is 2. The Bertz CT molecular complexity index is 795. The number of nitrogens with zero attached hydrogens (tertiary/aromatic N) is 4. The summed E-state index contributed by atoms with van der Waals surface area (Å²) in [7, 11) is 0. The number of rotatable bonds is 4. The van der Waals surface area contributed by atoms with Crippen molar-refractivity contribution >= 4 is 46.2 Å². The fraction of sp³-hybridized carbons (Fsp3) is 0.200. The summed E-state index contributed by atoms with van der Waals surface area (Å²) in [5.41, 5.74) is 2.64. The summed E-state index contributed by atoms with van der Waals surface area (Å²) in [6, 6.07) is 8.56. The molecule has 0 aliphatic rings. The first-order valence-electron chi connectivity index (χ1n) is 6.61. The van der Waals surface area contributed by atoms with E-state index < -0.39 is 0 Å². The smallest absolute Gasteiger partial charge is 0.223 e. The summed E-state index contributed by atoms with van der Waals surface area (Å²) in [4.78, 5) is 18.0. The zero-order valence-corrected chi connectivity index (χ0v) is 14.4. The number of benzene rings is 1. The van der Waals surface area contributed by atoms with Crippen LogP contribution in [0.3, 0.4) is 0 Å². The van der Waals surface area contributed by atoms with Crippen LogP contribution in [0.5, 0.6) is 0 Å². The maximum atomic E-state index is 5.89. The normalized spacial score (nSPS) is 12.5. The van der Waals surface area contributed by atoms with Gasteiger partial charge in [-0.15, -0.1) is 11.8 Å². The molecule has 1 unspecified atom stereocenters. The highest BCUT2D eigenvalue weighted by atomic mass is 35.5. The minimum absolute atomic E-state index is 0.209. The molecule has 7 heteroatoms. The Labute approximate surface area is 142 Å². The van der Waals surface area contributed by atoms with E-state index in [-0.39, 0.29) is 10.5 Å². The van der Waals surface area contributed by atoms with E-state index in [1.54, 1.807) is 29.7 Å². The second kappa shape index (κ2) is 6.81. The van der Waals surface area contributed by atoms with Crippen molar-refractivity contribution in [3.05, 3.63) is 47.6 Å². The predicted molar refractivity (Wildman–Crippen MR) is 92.6 cm³/mol. The average molecular weight is 349 g/mol. The molecule has 0 bridgehead atoms. The van der Waals surface area contributed by atoms with Gasteiger partial charge in [0, 0.05) is 10.1 Å². The molecule has 3 aromatic rings. The summed E-state index contributed by atoms with van der Waals surface area (Å²) in [6.45, 7) is 2.15. The molecule has 22 heavy (non-hydrogen) atoms. The van der Waals surface area contributed by atoms with Gasteiger partial charge in [-0.3, -0.25) is 0 Å². The van der Waals surface area contributed by atoms with Crippen LogP contribution >= 0.6 is 35.1 Å². The number of halogens is 1. The molecule has 1 atom stereocenters. The van der Waals surface area contributed by atoms with E-state index in [9.17, 15) is 0 Å². The molecule has 0 saturated heterocycles. The van der Waals surface area contributed by atoms with Crippen LogP contribution in [0, 0.1) is 0 Å². The van der Waals surface area contributed by atoms with Gasteiger partial charge in [-0.2, -0.15) is 0 Å². The lowest BCUT2D eigenvalue weighted by molar-refractivity contribution is 1.03. The minimum atomic E-state index is 0.209. The Kier molecular flexibility index (Phi) is 4.81. The van der Waals surface area contributed by atoms with Gasteiger partial charge in [0.1, 0.15) is 22.4 Å². The van der Waals surface area contributed by atoms with Gasteiger partial charge >= 0.3 is 0 Å². The Morgan fingerprint density at radius 3 is 2.59 bits per heavy atom. The van der Waals surface area contributed by atoms with E-state index in [0.29, 0.717) is 11.0 Å². The largest absolute Gasteiger partial charge is 0.233 e. The zero-order chi connectivity index (χ0) is 15.5. The molecule has 1 aromatic carbocycles. The molecule has 0 aliphatic heterocycles. The Balaban J connectivity index is 1.90. The van der Waals surface area contributed by atoms with Crippen LogP contribution in [0.1, 0.15) is 17.7 Å². The summed E-state index contributed by atoms with van der Waals surface area (Å²) < 4.78 is 0. The van der Waals surface area contributed by atoms with Crippen LogP contribution in [0.4, 0.5) is 0 Å². The molecule has 0 spiro atoms. The van der Waals surface area contributed by atoms with Crippen molar-refractivity contribution < 1.29 is 0 Å². The number of aromatic nitrogens is 4. The van der Waals surface area contributed by atoms with Crippen LogP contribution in [-0.4, -0.2) is 26.2 Å². The standard InChI is InChI=1S/C15H13ClN4S2/c1-9(10-3-5-11(21-2)6-4-10)22-14-13-12(18-8-19-14)7-17-15(16)20-13/h3-9H,1-2H3. The molecule has 2 heterocycles. The monoisotopic (exact) mass is 348 g/mol. The van der Waals surface area contributed by atoms with Gasteiger partial charge < -0.3 is 0 Å². The average Bonchev–Trinajstić information content (AvgIpc) is 2.55. The number of fused-ring (bicyclic) bond motifs is 1. The third kappa shape index (κ3) is 3.34. The summed E-state index contributed by atoms with van der Waals surface area (Å²) in [5, 5.41) is 1.28. The highest BCUT2D eigenvalue weighted by molar-refractivity contribution is 7.99. The van der Waals surface area contributed by atoms with Crippen molar-refractivity contribution in [2.45, 2.75) is 22.1 Å². The van der Waals surface area contributed by atoms with Gasteiger partial charge in [-0.1, -0.05) is 23.9 Å². The quantitative estimate of drug-likeness (QED) is 0.388. The van der Waals surface area contributed by atoms with E-state index in [1.807, 2.05) is 0 Å². The minimum Gasteiger partial charge on any atom is -0.233 e. The summed E-state index contributed by atoms with van der Waals surface area (Å²) in [6.07, 6.45) is 5.23. The van der Waals surface area contributed by atoms with Crippen LogP contribution in [0.15, 0.2) is 46.7 Å². The van der Waals surface area contributed by atoms with Crippen LogP contribution in [0.25, 0.3) is 11.0 Å². The van der Waals surface area contributed by atoms with Crippen LogP contribution < -0.4 is 0 Å². The van der Waals surface area contributed by atoms with Crippen molar-refractivity contribution in [3.8, 4) is 0 Å². The van der Waals surface area contributed by atoms with E-state index in [2.05, 4.69) is 57.4 Å². The number of hydrogen-bond acceptors (Lipinski definition) is 6. The molecular formula is C15H13ClN4S2. The van der Waals surface area contributed by atoms with E-state index in [0.717, 1.165) is 5.03 Å². The van der Waals surface area contributed by atoms with Crippen molar-refractivity contribution in [3.63, 3.8) is 0 Å². The van der Waals surface area contributed by atoms with Gasteiger partial charge in [0.05, 0.1) is 6.20 Å². The molecule has 0 fully saturated rings. The fourth-order valence-corrected chi connectivity index (χ4v) is 3.55. The number of hydrogen-bond donors (Lipinski definition) is 0. The lowest BCUT2D eigenvalue weighted by Gasteiger charge is -2.12. The Morgan fingerprint density at radius 2 is 1.86 bits per heavy atom. The third-order valence-corrected chi connectivity index (χ3v) is 5.26. The van der Waals surface area contributed by atoms with Crippen LogP contribution in [0.2, 0.25) is 5.28 Å². The first-order chi connectivity index (χ1) is 10.7. The topological polar surface area (TPSA) is 51.6 Å². The predicted octanol–water partition coefficient (Wildman–Crippen LogP) is 4.65. The van der Waals surface area contributed by atoms with Gasteiger partial charge in [0.2, 0.25) is 5.28 Å². The maximum absolute atomic E-state index is 5.89. The van der Waals surface area contributed by atoms with Crippen LogP contribution in [-0.2, 0) is 0 Å². The first kappa shape index (κ1) is 15.5. The Hall–Kier alpha value is -1.37. The Morgan fingerprint density at radius 1 is 1.09 bits per heavy atom. The van der Waals surface area contributed by atoms with E-state index in [4.69, 9.17) is 11.6 Å².